The highest BCUT2D eigenvalue weighted by atomic mass is 16.5. The fraction of sp³-hybridized carbons (Fsp3) is 0.375. The molecule has 6 heteroatoms. The molecule has 0 saturated heterocycles. The van der Waals surface area contributed by atoms with Gasteiger partial charge in [-0.25, -0.2) is 0 Å². The Labute approximate surface area is 128 Å². The lowest BCUT2D eigenvalue weighted by Crippen LogP contribution is -2.32. The van der Waals surface area contributed by atoms with E-state index in [0.717, 1.165) is 0 Å². The molecule has 1 aromatic carbocycles. The van der Waals surface area contributed by atoms with Gasteiger partial charge in [-0.15, -0.1) is 0 Å². The average Bonchev–Trinajstić information content (AvgIpc) is 2.73. The van der Waals surface area contributed by atoms with Gasteiger partial charge in [0.2, 0.25) is 0 Å². The van der Waals surface area contributed by atoms with Crippen LogP contribution in [0.2, 0.25) is 0 Å². The molecule has 0 bridgehead atoms. The van der Waals surface area contributed by atoms with Gasteiger partial charge in [-0.1, -0.05) is 12.1 Å². The number of methoxy groups -OCH3 is 1. The Morgan fingerprint density at radius 1 is 1.27 bits per heavy atom. The number of phenols is 1. The number of Topliss-reactive ketones (excluding diaryl/α,β-unsaturated/α-hetero) is 1. The lowest BCUT2D eigenvalue weighted by atomic mass is 9.96. The van der Waals surface area contributed by atoms with Gasteiger partial charge in [-0.2, -0.15) is 0 Å². The highest BCUT2D eigenvalue weighted by molar-refractivity contribution is 6.08. The number of carbonyl (C=O) groups is 2. The minimum atomic E-state index is -0.637. The fourth-order valence-corrected chi connectivity index (χ4v) is 2.63. The maximum absolute atomic E-state index is 12.2. The molecule has 1 atom stereocenters. The maximum atomic E-state index is 12.2. The van der Waals surface area contributed by atoms with E-state index in [1.165, 1.54) is 24.0 Å². The summed E-state index contributed by atoms with van der Waals surface area (Å²) in [6.45, 7) is 2.16. The number of nitrogens with zero attached hydrogens (tertiary/aromatic N) is 1. The fourth-order valence-electron chi connectivity index (χ4n) is 2.63. The van der Waals surface area contributed by atoms with E-state index in [1.807, 2.05) is 0 Å². The summed E-state index contributed by atoms with van der Waals surface area (Å²) >= 11 is 0. The third-order valence-corrected chi connectivity index (χ3v) is 3.64. The van der Waals surface area contributed by atoms with Crippen molar-refractivity contribution in [2.24, 2.45) is 0 Å². The van der Waals surface area contributed by atoms with E-state index in [2.05, 4.69) is 0 Å². The molecular formula is C16H19NO5. The maximum Gasteiger partial charge on any atom is 0.290 e. The molecule has 1 heterocycles. The van der Waals surface area contributed by atoms with Crippen LogP contribution in [-0.2, 0) is 14.3 Å². The smallest absolute Gasteiger partial charge is 0.290 e. The molecule has 22 heavy (non-hydrogen) atoms. The van der Waals surface area contributed by atoms with Crippen molar-refractivity contribution in [1.29, 1.82) is 0 Å². The van der Waals surface area contributed by atoms with Crippen molar-refractivity contribution >= 4 is 11.7 Å². The van der Waals surface area contributed by atoms with Gasteiger partial charge in [0, 0.05) is 20.3 Å². The zero-order valence-electron chi connectivity index (χ0n) is 12.6. The van der Waals surface area contributed by atoms with E-state index in [4.69, 9.17) is 4.74 Å². The van der Waals surface area contributed by atoms with E-state index in [0.29, 0.717) is 25.1 Å². The van der Waals surface area contributed by atoms with Crippen LogP contribution in [0.1, 0.15) is 24.9 Å². The zero-order valence-corrected chi connectivity index (χ0v) is 12.6. The number of phenolic OH excluding ortho intramolecular Hbond substituents is 1. The van der Waals surface area contributed by atoms with Crippen LogP contribution < -0.4 is 0 Å². The molecule has 0 aromatic heterocycles. The largest absolute Gasteiger partial charge is 0.508 e. The Kier molecular flexibility index (Phi) is 4.82. The Morgan fingerprint density at radius 3 is 2.45 bits per heavy atom. The first-order chi connectivity index (χ1) is 10.5. The number of benzene rings is 1. The first kappa shape index (κ1) is 16.0. The summed E-state index contributed by atoms with van der Waals surface area (Å²) in [5, 5.41) is 19.4. The number of aromatic hydroxyl groups is 1. The number of carbonyl (C=O) groups excluding carboxylic acids is 2. The van der Waals surface area contributed by atoms with Crippen LogP contribution in [-0.4, -0.2) is 47.1 Å². The highest BCUT2D eigenvalue weighted by Crippen LogP contribution is 2.38. The van der Waals surface area contributed by atoms with Crippen LogP contribution in [0.3, 0.4) is 0 Å². The topological polar surface area (TPSA) is 87.1 Å². The molecule has 6 nitrogen and oxygen atoms in total. The van der Waals surface area contributed by atoms with Crippen LogP contribution in [0, 0.1) is 0 Å². The van der Waals surface area contributed by atoms with E-state index < -0.39 is 17.7 Å². The Bertz CT molecular complexity index is 605. The van der Waals surface area contributed by atoms with Crippen molar-refractivity contribution in [3.63, 3.8) is 0 Å². The zero-order chi connectivity index (χ0) is 16.3. The standard InChI is InChI=1S/C16H19NO5/c1-10(18)13-14(11-4-6-12(19)7-5-11)17(8-3-9-22-2)16(21)15(13)20/h4-7,14,19-20H,3,8-9H2,1-2H3/t14-/m0/s1. The van der Waals surface area contributed by atoms with Crippen molar-refractivity contribution in [2.75, 3.05) is 20.3 Å². The third-order valence-electron chi connectivity index (χ3n) is 3.64. The van der Waals surface area contributed by atoms with Gasteiger partial charge >= 0.3 is 0 Å². The number of aliphatic hydroxyl groups excluding tert-OH is 1. The number of ketones is 1. The van der Waals surface area contributed by atoms with Crippen molar-refractivity contribution in [2.45, 2.75) is 19.4 Å². The van der Waals surface area contributed by atoms with E-state index in [-0.39, 0.29) is 17.1 Å². The minimum Gasteiger partial charge on any atom is -0.508 e. The van der Waals surface area contributed by atoms with Gasteiger partial charge in [0.15, 0.2) is 11.5 Å². The summed E-state index contributed by atoms with van der Waals surface area (Å²) in [5.41, 5.74) is 0.755. The van der Waals surface area contributed by atoms with Crippen LogP contribution in [0.15, 0.2) is 35.6 Å². The second kappa shape index (κ2) is 6.62. The molecule has 0 unspecified atom stereocenters. The van der Waals surface area contributed by atoms with Gasteiger partial charge in [-0.3, -0.25) is 9.59 Å². The van der Waals surface area contributed by atoms with E-state index >= 15 is 0 Å². The average molecular weight is 305 g/mol. The number of hydrogen-bond donors (Lipinski definition) is 2. The van der Waals surface area contributed by atoms with Gasteiger partial charge in [0.05, 0.1) is 11.6 Å². The first-order valence-corrected chi connectivity index (χ1v) is 7.00. The predicted octanol–water partition coefficient (Wildman–Crippen LogP) is 1.71. The van der Waals surface area contributed by atoms with Crippen molar-refractivity contribution in [3.8, 4) is 5.75 Å². The molecule has 0 aliphatic carbocycles. The normalized spacial score (nSPS) is 18.2. The third kappa shape index (κ3) is 2.96. The monoisotopic (exact) mass is 305 g/mol. The molecule has 0 radical (unpaired) electrons. The second-order valence-corrected chi connectivity index (χ2v) is 5.16. The van der Waals surface area contributed by atoms with E-state index in [9.17, 15) is 19.8 Å². The van der Waals surface area contributed by atoms with Gasteiger partial charge in [0.25, 0.3) is 5.91 Å². The van der Waals surface area contributed by atoms with Gasteiger partial charge in [0.1, 0.15) is 5.75 Å². The predicted molar refractivity (Wildman–Crippen MR) is 79.4 cm³/mol. The molecule has 0 saturated carbocycles. The lowest BCUT2D eigenvalue weighted by Gasteiger charge is -2.26. The van der Waals surface area contributed by atoms with Gasteiger partial charge < -0.3 is 19.8 Å². The van der Waals surface area contributed by atoms with Crippen molar-refractivity contribution in [1.82, 2.24) is 4.90 Å². The van der Waals surface area contributed by atoms with Crippen molar-refractivity contribution < 1.29 is 24.5 Å². The summed E-state index contributed by atoms with van der Waals surface area (Å²) in [4.78, 5) is 25.6. The minimum absolute atomic E-state index is 0.0908. The van der Waals surface area contributed by atoms with Crippen LogP contribution in [0.5, 0.6) is 5.75 Å². The molecule has 1 aliphatic heterocycles. The lowest BCUT2D eigenvalue weighted by molar-refractivity contribution is -0.129. The Hall–Kier alpha value is -2.34. The number of rotatable bonds is 6. The second-order valence-electron chi connectivity index (χ2n) is 5.16. The summed E-state index contributed by atoms with van der Waals surface area (Å²) in [6.07, 6.45) is 0.593. The van der Waals surface area contributed by atoms with Crippen LogP contribution in [0.4, 0.5) is 0 Å². The molecule has 2 N–H and O–H groups in total. The summed E-state index contributed by atoms with van der Waals surface area (Å²) in [5.74, 6) is -1.31. The molecule has 1 aromatic rings. The molecule has 1 aliphatic rings. The first-order valence-electron chi connectivity index (χ1n) is 7.00. The van der Waals surface area contributed by atoms with Crippen molar-refractivity contribution in [3.05, 3.63) is 41.2 Å². The Balaban J connectivity index is 2.39. The quantitative estimate of drug-likeness (QED) is 0.781. The molecule has 0 fully saturated rings. The summed E-state index contributed by atoms with van der Waals surface area (Å²) < 4.78 is 4.98. The molecule has 2 rings (SSSR count). The van der Waals surface area contributed by atoms with E-state index in [1.54, 1.807) is 19.2 Å². The number of amides is 1. The van der Waals surface area contributed by atoms with Crippen LogP contribution in [0.25, 0.3) is 0 Å². The van der Waals surface area contributed by atoms with Gasteiger partial charge in [-0.05, 0) is 31.0 Å². The number of ether oxygens (including phenoxy) is 1. The summed E-state index contributed by atoms with van der Waals surface area (Å²) in [7, 11) is 1.57. The number of aliphatic hydroxyl groups is 1. The number of hydrogen-bond acceptors (Lipinski definition) is 5. The molecule has 0 spiro atoms. The SMILES string of the molecule is COCCCN1C(=O)C(O)=C(C(C)=O)[C@@H]1c1ccc(O)cc1. The highest BCUT2D eigenvalue weighted by Gasteiger charge is 2.41. The molecular weight excluding hydrogens is 286 g/mol. The Morgan fingerprint density at radius 2 is 1.91 bits per heavy atom. The molecule has 118 valence electrons. The van der Waals surface area contributed by atoms with Crippen LogP contribution >= 0.6 is 0 Å². The summed E-state index contributed by atoms with van der Waals surface area (Å²) in [6, 6.07) is 5.61. The molecule has 1 amide bonds.